The Balaban J connectivity index is 1.84. The van der Waals surface area contributed by atoms with Crippen molar-refractivity contribution in [2.45, 2.75) is 25.3 Å². The van der Waals surface area contributed by atoms with Crippen LogP contribution in [0.25, 0.3) is 11.3 Å². The molecule has 0 spiro atoms. The maximum absolute atomic E-state index is 13.8. The summed E-state index contributed by atoms with van der Waals surface area (Å²) in [6.45, 7) is 1.10. The lowest BCUT2D eigenvalue weighted by Crippen LogP contribution is -2.47. The summed E-state index contributed by atoms with van der Waals surface area (Å²) in [5.74, 6) is -0.361. The molecule has 0 radical (unpaired) electrons. The highest BCUT2D eigenvalue weighted by atomic mass is 19.1. The Morgan fingerprint density at radius 2 is 2.23 bits per heavy atom. The molecule has 6 heteroatoms. The molecule has 1 amide bonds. The molecule has 1 aliphatic heterocycles. The number of amides is 1. The summed E-state index contributed by atoms with van der Waals surface area (Å²) in [5.41, 5.74) is 6.23. The Kier molecular flexibility index (Phi) is 4.20. The number of nitrogens with two attached hydrogens (primary N) is 1. The molecule has 0 saturated carbocycles. The molecule has 116 valence electrons. The fourth-order valence-corrected chi connectivity index (χ4v) is 2.82. The molecule has 22 heavy (non-hydrogen) atoms. The van der Waals surface area contributed by atoms with Gasteiger partial charge in [0.25, 0.3) is 5.91 Å². The van der Waals surface area contributed by atoms with Gasteiger partial charge in [-0.3, -0.25) is 4.79 Å². The van der Waals surface area contributed by atoms with E-state index in [1.807, 2.05) is 0 Å². The van der Waals surface area contributed by atoms with Crippen molar-refractivity contribution in [1.29, 1.82) is 0 Å². The maximum atomic E-state index is 13.8. The van der Waals surface area contributed by atoms with Crippen molar-refractivity contribution in [3.63, 3.8) is 0 Å². The maximum Gasteiger partial charge on any atom is 0.276 e. The molecule has 1 aliphatic rings. The van der Waals surface area contributed by atoms with Crippen molar-refractivity contribution in [2.24, 2.45) is 5.73 Å². The predicted molar refractivity (Wildman–Crippen MR) is 79.6 cm³/mol. The first kappa shape index (κ1) is 14.7. The van der Waals surface area contributed by atoms with Gasteiger partial charge in [0, 0.05) is 25.2 Å². The molecule has 2 heterocycles. The van der Waals surface area contributed by atoms with Gasteiger partial charge in [-0.25, -0.2) is 4.39 Å². The third-order valence-electron chi connectivity index (χ3n) is 4.03. The van der Waals surface area contributed by atoms with Crippen LogP contribution in [0, 0.1) is 5.82 Å². The molecule has 1 atom stereocenters. The fraction of sp³-hybridized carbons (Fsp3) is 0.375. The van der Waals surface area contributed by atoms with Crippen LogP contribution >= 0.6 is 0 Å². The zero-order chi connectivity index (χ0) is 15.5. The van der Waals surface area contributed by atoms with Crippen LogP contribution in [0.1, 0.15) is 29.8 Å². The van der Waals surface area contributed by atoms with Gasteiger partial charge in [0.15, 0.2) is 11.5 Å². The molecule has 0 bridgehead atoms. The van der Waals surface area contributed by atoms with E-state index in [0.29, 0.717) is 18.7 Å². The minimum Gasteiger partial charge on any atom is -0.355 e. The quantitative estimate of drug-likeness (QED) is 0.945. The number of hydrogen-bond donors (Lipinski definition) is 1. The van der Waals surface area contributed by atoms with Gasteiger partial charge in [-0.15, -0.1) is 0 Å². The Morgan fingerprint density at radius 1 is 1.41 bits per heavy atom. The molecule has 2 aromatic rings. The summed E-state index contributed by atoms with van der Waals surface area (Å²) < 4.78 is 18.9. The van der Waals surface area contributed by atoms with Gasteiger partial charge in [-0.1, -0.05) is 17.3 Å². The number of nitrogens with zero attached hydrogens (tertiary/aromatic N) is 2. The summed E-state index contributed by atoms with van der Waals surface area (Å²) >= 11 is 0. The van der Waals surface area contributed by atoms with E-state index < -0.39 is 5.82 Å². The number of carbonyl (C=O) groups excluding carboxylic acids is 1. The number of carbonyl (C=O) groups is 1. The molecular weight excluding hydrogens is 285 g/mol. The average Bonchev–Trinajstić information content (AvgIpc) is 3.04. The van der Waals surface area contributed by atoms with Crippen LogP contribution in [0.5, 0.6) is 0 Å². The van der Waals surface area contributed by atoms with Crippen molar-refractivity contribution in [3.05, 3.63) is 41.8 Å². The Hall–Kier alpha value is -2.21. The molecule has 1 fully saturated rings. The second kappa shape index (κ2) is 6.27. The zero-order valence-corrected chi connectivity index (χ0v) is 12.2. The Bertz CT molecular complexity index is 671. The fourth-order valence-electron chi connectivity index (χ4n) is 2.82. The summed E-state index contributed by atoms with van der Waals surface area (Å²) in [6.07, 6.45) is 2.94. The molecule has 3 rings (SSSR count). The van der Waals surface area contributed by atoms with E-state index in [9.17, 15) is 9.18 Å². The molecule has 2 N–H and O–H groups in total. The van der Waals surface area contributed by atoms with Crippen LogP contribution in [0.4, 0.5) is 4.39 Å². The number of hydrogen-bond acceptors (Lipinski definition) is 4. The minimum atomic E-state index is -0.407. The van der Waals surface area contributed by atoms with E-state index in [1.165, 1.54) is 12.1 Å². The van der Waals surface area contributed by atoms with Crippen LogP contribution in [0.15, 0.2) is 34.9 Å². The Morgan fingerprint density at radius 3 is 3.00 bits per heavy atom. The first-order chi connectivity index (χ1) is 10.7. The summed E-state index contributed by atoms with van der Waals surface area (Å²) in [4.78, 5) is 14.3. The van der Waals surface area contributed by atoms with Gasteiger partial charge in [0.05, 0.1) is 5.56 Å². The standard InChI is InChI=1S/C16H18FN3O2/c17-13-7-2-1-6-12(13)15-9-14(19-22-15)16(21)20-8-4-3-5-11(20)10-18/h1-2,6-7,9,11H,3-5,8,10,18H2/t11-/m1/s1. The van der Waals surface area contributed by atoms with Crippen LogP contribution in [0.3, 0.4) is 0 Å². The summed E-state index contributed by atoms with van der Waals surface area (Å²) in [5, 5.41) is 3.80. The van der Waals surface area contributed by atoms with E-state index in [-0.39, 0.29) is 23.4 Å². The topological polar surface area (TPSA) is 72.4 Å². The third kappa shape index (κ3) is 2.74. The van der Waals surface area contributed by atoms with Crippen molar-refractivity contribution >= 4 is 5.91 Å². The number of rotatable bonds is 3. The van der Waals surface area contributed by atoms with Crippen LogP contribution < -0.4 is 5.73 Å². The monoisotopic (exact) mass is 303 g/mol. The molecule has 1 aromatic carbocycles. The average molecular weight is 303 g/mol. The van der Waals surface area contributed by atoms with E-state index in [0.717, 1.165) is 19.3 Å². The number of benzene rings is 1. The van der Waals surface area contributed by atoms with Gasteiger partial charge < -0.3 is 15.2 Å². The van der Waals surface area contributed by atoms with Crippen LogP contribution in [0.2, 0.25) is 0 Å². The molecule has 5 nitrogen and oxygen atoms in total. The van der Waals surface area contributed by atoms with Crippen molar-refractivity contribution < 1.29 is 13.7 Å². The third-order valence-corrected chi connectivity index (χ3v) is 4.03. The van der Waals surface area contributed by atoms with Crippen LogP contribution in [-0.4, -0.2) is 35.1 Å². The van der Waals surface area contributed by atoms with Gasteiger partial charge in [-0.05, 0) is 31.4 Å². The molecule has 0 unspecified atom stereocenters. The second-order valence-electron chi connectivity index (χ2n) is 5.44. The number of halogens is 1. The first-order valence-electron chi connectivity index (χ1n) is 7.43. The second-order valence-corrected chi connectivity index (χ2v) is 5.44. The van der Waals surface area contributed by atoms with Crippen LogP contribution in [-0.2, 0) is 0 Å². The van der Waals surface area contributed by atoms with E-state index in [1.54, 1.807) is 23.1 Å². The molecular formula is C16H18FN3O2. The highest BCUT2D eigenvalue weighted by Gasteiger charge is 2.28. The lowest BCUT2D eigenvalue weighted by molar-refractivity contribution is 0.0613. The highest BCUT2D eigenvalue weighted by molar-refractivity contribution is 5.93. The first-order valence-corrected chi connectivity index (χ1v) is 7.43. The molecule has 0 aliphatic carbocycles. The van der Waals surface area contributed by atoms with Gasteiger partial charge >= 0.3 is 0 Å². The van der Waals surface area contributed by atoms with E-state index in [2.05, 4.69) is 5.16 Å². The number of likely N-dealkylation sites (tertiary alicyclic amines) is 1. The normalized spacial score (nSPS) is 18.5. The largest absolute Gasteiger partial charge is 0.355 e. The van der Waals surface area contributed by atoms with Gasteiger partial charge in [0.1, 0.15) is 5.82 Å². The van der Waals surface area contributed by atoms with E-state index in [4.69, 9.17) is 10.3 Å². The number of piperidine rings is 1. The summed E-state index contributed by atoms with van der Waals surface area (Å²) in [7, 11) is 0. The summed E-state index contributed by atoms with van der Waals surface area (Å²) in [6, 6.07) is 7.76. The Labute approximate surface area is 127 Å². The number of aromatic nitrogens is 1. The van der Waals surface area contributed by atoms with E-state index >= 15 is 0 Å². The lowest BCUT2D eigenvalue weighted by atomic mass is 10.0. The molecule has 1 aromatic heterocycles. The lowest BCUT2D eigenvalue weighted by Gasteiger charge is -2.34. The molecule has 1 saturated heterocycles. The van der Waals surface area contributed by atoms with Crippen molar-refractivity contribution in [3.8, 4) is 11.3 Å². The smallest absolute Gasteiger partial charge is 0.276 e. The van der Waals surface area contributed by atoms with Crippen molar-refractivity contribution in [2.75, 3.05) is 13.1 Å². The minimum absolute atomic E-state index is 0.0369. The van der Waals surface area contributed by atoms with Gasteiger partial charge in [-0.2, -0.15) is 0 Å². The highest BCUT2D eigenvalue weighted by Crippen LogP contribution is 2.25. The van der Waals surface area contributed by atoms with Gasteiger partial charge in [0.2, 0.25) is 0 Å². The SMILES string of the molecule is NC[C@H]1CCCCN1C(=O)c1cc(-c2ccccc2F)on1. The van der Waals surface area contributed by atoms with Crippen molar-refractivity contribution in [1.82, 2.24) is 10.1 Å². The zero-order valence-electron chi connectivity index (χ0n) is 12.2. The predicted octanol–water partition coefficient (Wildman–Crippen LogP) is 2.43.